The summed E-state index contributed by atoms with van der Waals surface area (Å²) in [4.78, 5) is 24.3. The smallest absolute Gasteiger partial charge is 0.416 e. The summed E-state index contributed by atoms with van der Waals surface area (Å²) in [5.74, 6) is -0.764. The molecular formula is C21H22F3NO4S. The zero-order chi connectivity index (χ0) is 22.5. The SMILES string of the molecule is COC(=O)C(Cc1ccc(OC)c(Cc2ccc(C(F)(F)F)cc2)c1C(N)=O)SC. The minimum absolute atomic E-state index is 0.135. The minimum Gasteiger partial charge on any atom is -0.496 e. The summed E-state index contributed by atoms with van der Waals surface area (Å²) in [5, 5.41) is -0.541. The average molecular weight is 441 g/mol. The number of rotatable bonds is 8. The maximum atomic E-state index is 12.8. The van der Waals surface area contributed by atoms with Crippen LogP contribution in [-0.2, 0) is 28.5 Å². The van der Waals surface area contributed by atoms with Crippen LogP contribution in [0.3, 0.4) is 0 Å². The third-order valence-electron chi connectivity index (χ3n) is 4.64. The van der Waals surface area contributed by atoms with Crippen LogP contribution in [0, 0.1) is 0 Å². The molecule has 30 heavy (non-hydrogen) atoms. The predicted molar refractivity (Wildman–Crippen MR) is 109 cm³/mol. The van der Waals surface area contributed by atoms with Gasteiger partial charge in [0.2, 0.25) is 5.91 Å². The lowest BCUT2D eigenvalue weighted by Gasteiger charge is -2.19. The van der Waals surface area contributed by atoms with Crippen LogP contribution in [0.5, 0.6) is 5.75 Å². The zero-order valence-corrected chi connectivity index (χ0v) is 17.5. The summed E-state index contributed by atoms with van der Waals surface area (Å²) in [7, 11) is 2.71. The van der Waals surface area contributed by atoms with Gasteiger partial charge in [-0.25, -0.2) is 0 Å². The van der Waals surface area contributed by atoms with Gasteiger partial charge in [0.1, 0.15) is 11.0 Å². The van der Waals surface area contributed by atoms with Crippen molar-refractivity contribution < 1.29 is 32.2 Å². The third-order valence-corrected chi connectivity index (χ3v) is 5.57. The minimum atomic E-state index is -4.44. The maximum absolute atomic E-state index is 12.8. The maximum Gasteiger partial charge on any atom is 0.416 e. The normalized spacial score (nSPS) is 12.3. The van der Waals surface area contributed by atoms with Gasteiger partial charge in [-0.2, -0.15) is 13.2 Å². The third kappa shape index (κ3) is 5.47. The molecule has 2 N–H and O–H groups in total. The van der Waals surface area contributed by atoms with Crippen LogP contribution in [0.2, 0.25) is 0 Å². The Kier molecular flexibility index (Phi) is 7.77. The van der Waals surface area contributed by atoms with Crippen molar-refractivity contribution in [1.82, 2.24) is 0 Å². The lowest BCUT2D eigenvalue weighted by molar-refractivity contribution is -0.140. The van der Waals surface area contributed by atoms with E-state index < -0.39 is 28.9 Å². The lowest BCUT2D eigenvalue weighted by Crippen LogP contribution is -2.24. The molecule has 0 aromatic heterocycles. The molecule has 9 heteroatoms. The van der Waals surface area contributed by atoms with Crippen LogP contribution in [0.25, 0.3) is 0 Å². The second kappa shape index (κ2) is 9.88. The van der Waals surface area contributed by atoms with Gasteiger partial charge >= 0.3 is 12.1 Å². The van der Waals surface area contributed by atoms with Gasteiger partial charge in [-0.1, -0.05) is 18.2 Å². The molecule has 0 saturated carbocycles. The standard InChI is InChI=1S/C21H22F3NO4S/c1-28-16-9-6-13(11-17(30-3)20(27)29-2)18(19(25)26)15(16)10-12-4-7-14(8-5-12)21(22,23)24/h4-9,17H,10-11H2,1-3H3,(H2,25,26). The number of alkyl halides is 3. The summed E-state index contributed by atoms with van der Waals surface area (Å²) in [6.07, 6.45) is -2.35. The van der Waals surface area contributed by atoms with E-state index in [9.17, 15) is 22.8 Å². The molecule has 2 aromatic rings. The van der Waals surface area contributed by atoms with E-state index in [4.69, 9.17) is 15.2 Å². The van der Waals surface area contributed by atoms with Gasteiger partial charge in [-0.15, -0.1) is 11.8 Å². The fourth-order valence-electron chi connectivity index (χ4n) is 3.13. The van der Waals surface area contributed by atoms with Gasteiger partial charge in [0.25, 0.3) is 0 Å². The van der Waals surface area contributed by atoms with Gasteiger partial charge in [-0.3, -0.25) is 9.59 Å². The molecule has 0 radical (unpaired) electrons. The van der Waals surface area contributed by atoms with E-state index in [0.29, 0.717) is 22.4 Å². The van der Waals surface area contributed by atoms with E-state index in [1.807, 2.05) is 0 Å². The first-order chi connectivity index (χ1) is 14.1. The number of hydrogen-bond donors (Lipinski definition) is 1. The van der Waals surface area contributed by atoms with Crippen molar-refractivity contribution in [3.8, 4) is 5.75 Å². The summed E-state index contributed by atoms with van der Waals surface area (Å²) >= 11 is 1.28. The van der Waals surface area contributed by atoms with Crippen molar-refractivity contribution in [2.24, 2.45) is 5.73 Å². The highest BCUT2D eigenvalue weighted by molar-refractivity contribution is 7.99. The molecule has 0 bridgehead atoms. The van der Waals surface area contributed by atoms with E-state index in [1.54, 1.807) is 18.4 Å². The molecule has 0 fully saturated rings. The molecular weight excluding hydrogens is 419 g/mol. The summed E-state index contributed by atoms with van der Waals surface area (Å²) in [6, 6.07) is 7.96. The first-order valence-corrected chi connectivity index (χ1v) is 10.2. The van der Waals surface area contributed by atoms with Crippen LogP contribution in [0.1, 0.15) is 32.6 Å². The summed E-state index contributed by atoms with van der Waals surface area (Å²) < 4.78 is 48.6. The van der Waals surface area contributed by atoms with Gasteiger partial charge in [0.05, 0.1) is 19.8 Å². The number of hydrogen-bond acceptors (Lipinski definition) is 5. The highest BCUT2D eigenvalue weighted by Crippen LogP contribution is 2.32. The topological polar surface area (TPSA) is 78.6 Å². The Morgan fingerprint density at radius 2 is 1.73 bits per heavy atom. The van der Waals surface area contributed by atoms with Crippen molar-refractivity contribution in [2.75, 3.05) is 20.5 Å². The number of primary amides is 1. The number of amides is 1. The van der Waals surface area contributed by atoms with Crippen molar-refractivity contribution >= 4 is 23.6 Å². The van der Waals surface area contributed by atoms with Crippen molar-refractivity contribution in [1.29, 1.82) is 0 Å². The number of nitrogens with two attached hydrogens (primary N) is 1. The molecule has 0 aliphatic carbocycles. The van der Waals surface area contributed by atoms with Crippen molar-refractivity contribution in [3.63, 3.8) is 0 Å². The number of methoxy groups -OCH3 is 2. The summed E-state index contributed by atoms with van der Waals surface area (Å²) in [6.45, 7) is 0. The predicted octanol–water partition coefficient (Wildman–Crippen LogP) is 3.85. The molecule has 0 saturated heterocycles. The Morgan fingerprint density at radius 3 is 2.20 bits per heavy atom. The number of halogens is 3. The monoisotopic (exact) mass is 441 g/mol. The Morgan fingerprint density at radius 1 is 1.10 bits per heavy atom. The zero-order valence-electron chi connectivity index (χ0n) is 16.7. The van der Waals surface area contributed by atoms with E-state index in [2.05, 4.69) is 0 Å². The van der Waals surface area contributed by atoms with Crippen LogP contribution in [0.4, 0.5) is 13.2 Å². The highest BCUT2D eigenvalue weighted by Gasteiger charge is 2.30. The quantitative estimate of drug-likeness (QED) is 0.630. The molecule has 0 aliphatic heterocycles. The lowest BCUT2D eigenvalue weighted by atomic mass is 9.92. The number of carbonyl (C=O) groups is 2. The molecule has 1 amide bonds. The average Bonchev–Trinajstić information content (AvgIpc) is 2.70. The Bertz CT molecular complexity index is 914. The van der Waals surface area contributed by atoms with Crippen molar-refractivity contribution in [2.45, 2.75) is 24.3 Å². The molecule has 1 unspecified atom stereocenters. The van der Waals surface area contributed by atoms with E-state index in [0.717, 1.165) is 12.1 Å². The first kappa shape index (κ1) is 23.6. The van der Waals surface area contributed by atoms with E-state index >= 15 is 0 Å². The first-order valence-electron chi connectivity index (χ1n) is 8.87. The van der Waals surface area contributed by atoms with E-state index in [1.165, 1.54) is 38.1 Å². The Hall–Kier alpha value is -2.68. The van der Waals surface area contributed by atoms with Crippen molar-refractivity contribution in [3.05, 3.63) is 64.2 Å². The molecule has 5 nitrogen and oxygen atoms in total. The van der Waals surface area contributed by atoms with Crippen LogP contribution < -0.4 is 10.5 Å². The highest BCUT2D eigenvalue weighted by atomic mass is 32.2. The molecule has 0 heterocycles. The van der Waals surface area contributed by atoms with Gasteiger partial charge < -0.3 is 15.2 Å². The summed E-state index contributed by atoms with van der Waals surface area (Å²) in [5.41, 5.74) is 6.60. The second-order valence-electron chi connectivity index (χ2n) is 6.47. The van der Waals surface area contributed by atoms with Gasteiger partial charge in [0, 0.05) is 17.5 Å². The molecule has 1 atom stereocenters. The molecule has 0 spiro atoms. The number of thioether (sulfide) groups is 1. The fraction of sp³-hybridized carbons (Fsp3) is 0.333. The molecule has 2 aromatic carbocycles. The van der Waals surface area contributed by atoms with Crippen LogP contribution in [-0.4, -0.2) is 37.6 Å². The molecule has 162 valence electrons. The number of carbonyl (C=O) groups excluding carboxylic acids is 2. The Labute approximate surface area is 176 Å². The number of esters is 1. The Balaban J connectivity index is 2.49. The van der Waals surface area contributed by atoms with Gasteiger partial charge in [-0.05, 0) is 42.0 Å². The van der Waals surface area contributed by atoms with Gasteiger partial charge in [0.15, 0.2) is 0 Å². The molecule has 2 rings (SSSR count). The van der Waals surface area contributed by atoms with Crippen LogP contribution >= 0.6 is 11.8 Å². The number of benzene rings is 2. The fourth-order valence-corrected chi connectivity index (χ4v) is 3.77. The van der Waals surface area contributed by atoms with E-state index in [-0.39, 0.29) is 18.4 Å². The number of ether oxygens (including phenoxy) is 2. The second-order valence-corrected chi connectivity index (χ2v) is 7.51. The molecule has 0 aliphatic rings. The largest absolute Gasteiger partial charge is 0.496 e. The van der Waals surface area contributed by atoms with Crippen LogP contribution in [0.15, 0.2) is 36.4 Å².